The lowest BCUT2D eigenvalue weighted by atomic mass is 10.3. The summed E-state index contributed by atoms with van der Waals surface area (Å²) >= 11 is 0. The second-order valence-electron chi connectivity index (χ2n) is 5.37. The Morgan fingerprint density at radius 2 is 2.27 bits per heavy atom. The summed E-state index contributed by atoms with van der Waals surface area (Å²) in [5.74, 6) is -0.417. The summed E-state index contributed by atoms with van der Waals surface area (Å²) in [6.45, 7) is 6.95. The summed E-state index contributed by atoms with van der Waals surface area (Å²) in [5, 5.41) is 17.2. The Balaban J connectivity index is 1.68. The zero-order valence-electron chi connectivity index (χ0n) is 12.7. The Labute approximate surface area is 128 Å². The number of nitrogens with one attached hydrogen (secondary N) is 2. The predicted molar refractivity (Wildman–Crippen MR) is 77.6 cm³/mol. The van der Waals surface area contributed by atoms with Crippen molar-refractivity contribution in [2.24, 2.45) is 0 Å². The average Bonchev–Trinajstić information content (AvgIpc) is 2.86. The molecule has 1 aromatic heterocycles. The minimum Gasteiger partial charge on any atom is -0.370 e. The zero-order chi connectivity index (χ0) is 15.9. The van der Waals surface area contributed by atoms with Crippen LogP contribution in [0, 0.1) is 17.0 Å². The van der Waals surface area contributed by atoms with Crippen molar-refractivity contribution < 1.29 is 19.4 Å². The van der Waals surface area contributed by atoms with E-state index in [2.05, 4.69) is 10.4 Å². The van der Waals surface area contributed by atoms with Crippen LogP contribution in [0.2, 0.25) is 0 Å². The van der Waals surface area contributed by atoms with E-state index in [0.29, 0.717) is 12.2 Å². The molecule has 1 aliphatic heterocycles. The molecule has 0 spiro atoms. The molecule has 0 radical (unpaired) electrons. The van der Waals surface area contributed by atoms with Gasteiger partial charge in [0.25, 0.3) is 0 Å². The molecule has 1 aliphatic rings. The summed E-state index contributed by atoms with van der Waals surface area (Å²) in [4.78, 5) is 23.4. The first kappa shape index (κ1) is 16.4. The van der Waals surface area contributed by atoms with Crippen molar-refractivity contribution in [2.45, 2.75) is 19.9 Å². The van der Waals surface area contributed by atoms with Crippen molar-refractivity contribution in [1.29, 1.82) is 0 Å². The van der Waals surface area contributed by atoms with Crippen molar-refractivity contribution in [2.75, 3.05) is 39.4 Å². The number of aryl methyl sites for hydroxylation is 1. The van der Waals surface area contributed by atoms with Gasteiger partial charge in [0.15, 0.2) is 0 Å². The molecule has 0 aromatic carbocycles. The number of carbonyl (C=O) groups is 1. The third kappa shape index (κ3) is 4.78. The van der Waals surface area contributed by atoms with Crippen LogP contribution >= 0.6 is 0 Å². The molecule has 0 saturated carbocycles. The second-order valence-corrected chi connectivity index (χ2v) is 5.37. The molecule has 0 atom stereocenters. The number of carbonyl (C=O) groups excluding carboxylic acids is 1. The highest BCUT2D eigenvalue weighted by atomic mass is 16.6. The lowest BCUT2D eigenvalue weighted by molar-refractivity contribution is -0.908. The van der Waals surface area contributed by atoms with Crippen molar-refractivity contribution in [3.8, 4) is 0 Å². The Morgan fingerprint density at radius 3 is 2.91 bits per heavy atom. The SMILES string of the molecule is Cc1cc([N+](=O)[O-])nn1CC(=O)NCCC[NH+]1CCOCC1. The van der Waals surface area contributed by atoms with Gasteiger partial charge in [0.1, 0.15) is 19.6 Å². The molecule has 22 heavy (non-hydrogen) atoms. The molecule has 1 aromatic rings. The average molecular weight is 312 g/mol. The van der Waals surface area contributed by atoms with E-state index in [0.717, 1.165) is 39.3 Å². The summed E-state index contributed by atoms with van der Waals surface area (Å²) in [5.41, 5.74) is 0.597. The molecule has 9 nitrogen and oxygen atoms in total. The Morgan fingerprint density at radius 1 is 1.55 bits per heavy atom. The van der Waals surface area contributed by atoms with Crippen LogP contribution in [0.25, 0.3) is 0 Å². The van der Waals surface area contributed by atoms with Crippen LogP contribution in [-0.2, 0) is 16.1 Å². The Kier molecular flexibility index (Phi) is 5.84. The Hall–Kier alpha value is -2.00. The lowest BCUT2D eigenvalue weighted by Gasteiger charge is -2.23. The van der Waals surface area contributed by atoms with Crippen LogP contribution in [0.1, 0.15) is 12.1 Å². The van der Waals surface area contributed by atoms with Crippen molar-refractivity contribution in [1.82, 2.24) is 15.1 Å². The van der Waals surface area contributed by atoms with Gasteiger partial charge in [-0.15, -0.1) is 0 Å². The molecular formula is C13H22N5O4+. The first-order valence-electron chi connectivity index (χ1n) is 7.43. The van der Waals surface area contributed by atoms with Crippen LogP contribution in [0.4, 0.5) is 5.82 Å². The summed E-state index contributed by atoms with van der Waals surface area (Å²) in [7, 11) is 0. The molecule has 1 amide bonds. The number of hydrogen-bond donors (Lipinski definition) is 2. The Bertz CT molecular complexity index is 525. The van der Waals surface area contributed by atoms with Gasteiger partial charge in [-0.2, -0.15) is 4.68 Å². The van der Waals surface area contributed by atoms with Gasteiger partial charge >= 0.3 is 5.82 Å². The van der Waals surface area contributed by atoms with Crippen LogP contribution in [0.15, 0.2) is 6.07 Å². The molecule has 0 unspecified atom stereocenters. The molecule has 1 saturated heterocycles. The van der Waals surface area contributed by atoms with E-state index in [9.17, 15) is 14.9 Å². The normalized spacial score (nSPS) is 15.7. The lowest BCUT2D eigenvalue weighted by Crippen LogP contribution is -3.14. The van der Waals surface area contributed by atoms with Crippen LogP contribution in [-0.4, -0.2) is 60.0 Å². The molecule has 122 valence electrons. The molecule has 2 heterocycles. The molecule has 2 rings (SSSR count). The highest BCUT2D eigenvalue weighted by Gasteiger charge is 2.17. The summed E-state index contributed by atoms with van der Waals surface area (Å²) in [6.07, 6.45) is 0.902. The van der Waals surface area contributed by atoms with Gasteiger partial charge in [0.05, 0.1) is 36.6 Å². The smallest absolute Gasteiger partial charge is 0.370 e. The molecule has 0 bridgehead atoms. The van der Waals surface area contributed by atoms with E-state index in [1.54, 1.807) is 6.92 Å². The van der Waals surface area contributed by atoms with E-state index in [1.807, 2.05) is 0 Å². The van der Waals surface area contributed by atoms with E-state index in [1.165, 1.54) is 15.6 Å². The highest BCUT2D eigenvalue weighted by molar-refractivity contribution is 5.75. The zero-order valence-corrected chi connectivity index (χ0v) is 12.7. The van der Waals surface area contributed by atoms with E-state index in [-0.39, 0.29) is 18.3 Å². The number of quaternary nitrogens is 1. The molecule has 2 N–H and O–H groups in total. The van der Waals surface area contributed by atoms with Gasteiger partial charge in [0, 0.05) is 13.0 Å². The molecule has 9 heteroatoms. The largest absolute Gasteiger partial charge is 0.390 e. The number of amides is 1. The minimum atomic E-state index is -0.563. The van der Waals surface area contributed by atoms with Crippen molar-refractivity contribution in [3.05, 3.63) is 21.9 Å². The van der Waals surface area contributed by atoms with Crippen LogP contribution in [0.3, 0.4) is 0 Å². The number of ether oxygens (including phenoxy) is 1. The number of aromatic nitrogens is 2. The molecule has 1 fully saturated rings. The van der Waals surface area contributed by atoms with Gasteiger partial charge in [-0.1, -0.05) is 0 Å². The number of morpholine rings is 1. The first-order valence-corrected chi connectivity index (χ1v) is 7.43. The monoisotopic (exact) mass is 312 g/mol. The van der Waals surface area contributed by atoms with E-state index in [4.69, 9.17) is 4.74 Å². The number of nitro groups is 1. The standard InChI is InChI=1S/C13H21N5O4/c1-11-9-12(18(20)21)15-17(11)10-13(19)14-3-2-4-16-5-7-22-8-6-16/h9H,2-8,10H2,1H3,(H,14,19)/p+1. The highest BCUT2D eigenvalue weighted by Crippen LogP contribution is 2.10. The molecule has 0 aliphatic carbocycles. The third-order valence-electron chi connectivity index (χ3n) is 3.68. The number of nitrogens with zero attached hydrogens (tertiary/aromatic N) is 3. The van der Waals surface area contributed by atoms with Gasteiger partial charge in [-0.3, -0.25) is 4.79 Å². The van der Waals surface area contributed by atoms with Gasteiger partial charge in [-0.25, -0.2) is 0 Å². The second kappa shape index (κ2) is 7.85. The molecular weight excluding hydrogens is 290 g/mol. The minimum absolute atomic E-state index is 0.00405. The maximum atomic E-state index is 11.8. The summed E-state index contributed by atoms with van der Waals surface area (Å²) in [6, 6.07) is 1.36. The van der Waals surface area contributed by atoms with E-state index < -0.39 is 4.92 Å². The van der Waals surface area contributed by atoms with Crippen LogP contribution < -0.4 is 10.2 Å². The quantitative estimate of drug-likeness (QED) is 0.363. The van der Waals surface area contributed by atoms with Gasteiger partial charge in [-0.05, 0) is 11.8 Å². The van der Waals surface area contributed by atoms with E-state index >= 15 is 0 Å². The topological polar surface area (TPSA) is 104 Å². The first-order chi connectivity index (χ1) is 10.6. The third-order valence-corrected chi connectivity index (χ3v) is 3.68. The number of hydrogen-bond acceptors (Lipinski definition) is 5. The van der Waals surface area contributed by atoms with Crippen LogP contribution in [0.5, 0.6) is 0 Å². The van der Waals surface area contributed by atoms with Gasteiger partial charge in [0.2, 0.25) is 5.91 Å². The van der Waals surface area contributed by atoms with Gasteiger partial charge < -0.3 is 25.1 Å². The fraction of sp³-hybridized carbons (Fsp3) is 0.692. The van der Waals surface area contributed by atoms with Crippen molar-refractivity contribution in [3.63, 3.8) is 0 Å². The number of rotatable bonds is 7. The van der Waals surface area contributed by atoms with Crippen molar-refractivity contribution >= 4 is 11.7 Å². The summed E-state index contributed by atoms with van der Waals surface area (Å²) < 4.78 is 6.64. The maximum Gasteiger partial charge on any atom is 0.390 e. The predicted octanol–water partition coefficient (Wildman–Crippen LogP) is -1.48. The maximum absolute atomic E-state index is 11.8. The fourth-order valence-corrected chi connectivity index (χ4v) is 2.41. The fourth-order valence-electron chi connectivity index (χ4n) is 2.41.